The first-order chi connectivity index (χ1) is 17.5. The van der Waals surface area contributed by atoms with Crippen LogP contribution >= 0.6 is 0 Å². The number of hydrogen-bond acceptors (Lipinski definition) is 9. The Labute approximate surface area is 208 Å². The maximum Gasteiger partial charge on any atom is 0.237 e. The predicted molar refractivity (Wildman–Crippen MR) is 139 cm³/mol. The normalized spacial score (nSPS) is 16.7. The van der Waals surface area contributed by atoms with Crippen LogP contribution in [0.15, 0.2) is 49.1 Å². The highest BCUT2D eigenvalue weighted by Crippen LogP contribution is 2.36. The molecule has 3 N–H and O–H groups in total. The van der Waals surface area contributed by atoms with Crippen molar-refractivity contribution in [3.63, 3.8) is 0 Å². The molecule has 0 bridgehead atoms. The molecule has 4 aromatic rings. The SMILES string of the molecule is COc1cc(Nc2nc(-c3cnc4c(c3)NCCO4)cn3ccnc23)ccc1N1CCC(C)(O)CC1. The van der Waals surface area contributed by atoms with E-state index in [0.717, 1.165) is 66.5 Å². The fourth-order valence-electron chi connectivity index (χ4n) is 4.70. The summed E-state index contributed by atoms with van der Waals surface area (Å²) < 4.78 is 13.3. The van der Waals surface area contributed by atoms with Crippen LogP contribution < -0.4 is 25.0 Å². The van der Waals surface area contributed by atoms with Crippen molar-refractivity contribution < 1.29 is 14.6 Å². The molecule has 36 heavy (non-hydrogen) atoms. The maximum absolute atomic E-state index is 10.3. The van der Waals surface area contributed by atoms with Crippen molar-refractivity contribution in [1.82, 2.24) is 19.4 Å². The highest BCUT2D eigenvalue weighted by Gasteiger charge is 2.28. The van der Waals surface area contributed by atoms with Crippen LogP contribution in [0.3, 0.4) is 0 Å². The van der Waals surface area contributed by atoms with Crippen molar-refractivity contribution in [2.75, 3.05) is 48.9 Å². The first kappa shape index (κ1) is 22.4. The lowest BCUT2D eigenvalue weighted by atomic mass is 9.93. The molecule has 3 aromatic heterocycles. The quantitative estimate of drug-likeness (QED) is 0.388. The largest absolute Gasteiger partial charge is 0.495 e. The summed E-state index contributed by atoms with van der Waals surface area (Å²) in [5, 5.41) is 17.1. The second-order valence-electron chi connectivity index (χ2n) is 9.48. The van der Waals surface area contributed by atoms with Gasteiger partial charge in [-0.1, -0.05) is 0 Å². The average Bonchev–Trinajstić information content (AvgIpc) is 3.38. The number of nitrogens with one attached hydrogen (secondary N) is 2. The number of imidazole rings is 1. The van der Waals surface area contributed by atoms with E-state index in [4.69, 9.17) is 14.5 Å². The van der Waals surface area contributed by atoms with E-state index in [1.54, 1.807) is 19.5 Å². The lowest BCUT2D eigenvalue weighted by molar-refractivity contribution is 0.0350. The minimum absolute atomic E-state index is 0.603. The van der Waals surface area contributed by atoms with Crippen LogP contribution in [0, 0.1) is 0 Å². The van der Waals surface area contributed by atoms with E-state index in [1.165, 1.54) is 0 Å². The summed E-state index contributed by atoms with van der Waals surface area (Å²) in [6, 6.07) is 8.04. The van der Waals surface area contributed by atoms with Crippen LogP contribution in [-0.4, -0.2) is 63.4 Å². The van der Waals surface area contributed by atoms with Gasteiger partial charge in [-0.15, -0.1) is 0 Å². The Morgan fingerprint density at radius 3 is 2.89 bits per heavy atom. The van der Waals surface area contributed by atoms with Crippen LogP contribution in [0.4, 0.5) is 22.9 Å². The third-order valence-corrected chi connectivity index (χ3v) is 6.80. The molecule has 10 heteroatoms. The summed E-state index contributed by atoms with van der Waals surface area (Å²) in [6.45, 7) is 4.81. The maximum atomic E-state index is 10.3. The molecule has 2 aliphatic heterocycles. The number of ether oxygens (including phenoxy) is 2. The molecule has 1 fully saturated rings. The number of piperidine rings is 1. The van der Waals surface area contributed by atoms with Crippen LogP contribution in [0.1, 0.15) is 19.8 Å². The molecule has 2 aliphatic rings. The van der Waals surface area contributed by atoms with Crippen LogP contribution in [0.5, 0.6) is 11.6 Å². The van der Waals surface area contributed by atoms with Crippen LogP contribution in [0.25, 0.3) is 16.9 Å². The standard InChI is InChI=1S/C26H29N7O3/c1-26(34)5-9-32(10-6-26)21-4-3-18(14-22(21)35-2)30-23-24-28-7-11-33(24)16-20(31-23)17-13-19-25(29-15-17)36-12-8-27-19/h3-4,7,11,13-16,27,34H,5-6,8-10,12H2,1-2H3,(H,30,31). The van der Waals surface area contributed by atoms with Crippen molar-refractivity contribution in [3.05, 3.63) is 49.1 Å². The Bertz CT molecular complexity index is 1410. The highest BCUT2D eigenvalue weighted by atomic mass is 16.5. The van der Waals surface area contributed by atoms with Crippen molar-refractivity contribution in [1.29, 1.82) is 0 Å². The number of rotatable bonds is 5. The molecular weight excluding hydrogens is 458 g/mol. The minimum Gasteiger partial charge on any atom is -0.495 e. The Hall–Kier alpha value is -4.05. The molecule has 0 radical (unpaired) electrons. The van der Waals surface area contributed by atoms with E-state index in [0.29, 0.717) is 24.0 Å². The van der Waals surface area contributed by atoms with Gasteiger partial charge < -0.3 is 34.5 Å². The number of aliphatic hydroxyl groups is 1. The van der Waals surface area contributed by atoms with Crippen molar-refractivity contribution in [2.24, 2.45) is 0 Å². The fourth-order valence-corrected chi connectivity index (χ4v) is 4.70. The van der Waals surface area contributed by atoms with E-state index in [9.17, 15) is 5.11 Å². The highest BCUT2D eigenvalue weighted by molar-refractivity contribution is 5.77. The number of pyridine rings is 1. The van der Waals surface area contributed by atoms with Gasteiger partial charge in [0.25, 0.3) is 0 Å². The van der Waals surface area contributed by atoms with Gasteiger partial charge in [-0.25, -0.2) is 15.0 Å². The molecule has 0 saturated carbocycles. The second kappa shape index (κ2) is 8.87. The van der Waals surface area contributed by atoms with Crippen molar-refractivity contribution >= 4 is 28.5 Å². The number of nitrogens with zero attached hydrogens (tertiary/aromatic N) is 5. The van der Waals surface area contributed by atoms with Gasteiger partial charge in [0.2, 0.25) is 5.88 Å². The van der Waals surface area contributed by atoms with E-state index >= 15 is 0 Å². The number of hydrogen-bond donors (Lipinski definition) is 3. The number of benzene rings is 1. The van der Waals surface area contributed by atoms with E-state index < -0.39 is 5.60 Å². The molecule has 0 aliphatic carbocycles. The molecule has 6 rings (SSSR count). The van der Waals surface area contributed by atoms with Gasteiger partial charge >= 0.3 is 0 Å². The summed E-state index contributed by atoms with van der Waals surface area (Å²) in [5.41, 5.74) is 4.46. The molecule has 10 nitrogen and oxygen atoms in total. The zero-order valence-corrected chi connectivity index (χ0v) is 20.4. The first-order valence-corrected chi connectivity index (χ1v) is 12.1. The molecule has 0 atom stereocenters. The summed E-state index contributed by atoms with van der Waals surface area (Å²) >= 11 is 0. The Morgan fingerprint density at radius 2 is 2.06 bits per heavy atom. The zero-order valence-electron chi connectivity index (χ0n) is 20.4. The predicted octanol–water partition coefficient (Wildman–Crippen LogP) is 3.70. The van der Waals surface area contributed by atoms with Gasteiger partial charge in [0.05, 0.1) is 29.8 Å². The smallest absolute Gasteiger partial charge is 0.237 e. The lowest BCUT2D eigenvalue weighted by Gasteiger charge is -2.37. The van der Waals surface area contributed by atoms with Crippen LogP contribution in [-0.2, 0) is 0 Å². The number of aromatic nitrogens is 4. The molecule has 1 saturated heterocycles. The topological polar surface area (TPSA) is 109 Å². The van der Waals surface area contributed by atoms with Gasteiger partial charge in [0, 0.05) is 61.7 Å². The third kappa shape index (κ3) is 4.24. The molecular formula is C26H29N7O3. The first-order valence-electron chi connectivity index (χ1n) is 12.1. The summed E-state index contributed by atoms with van der Waals surface area (Å²) in [5.74, 6) is 2.00. The van der Waals surface area contributed by atoms with E-state index in [2.05, 4.69) is 25.5 Å². The van der Waals surface area contributed by atoms with E-state index in [-0.39, 0.29) is 0 Å². The summed E-state index contributed by atoms with van der Waals surface area (Å²) in [4.78, 5) is 16.1. The second-order valence-corrected chi connectivity index (χ2v) is 9.48. The number of fused-ring (bicyclic) bond motifs is 2. The molecule has 1 aromatic carbocycles. The van der Waals surface area contributed by atoms with E-state index in [1.807, 2.05) is 48.0 Å². The summed E-state index contributed by atoms with van der Waals surface area (Å²) in [6.07, 6.45) is 8.81. The average molecular weight is 488 g/mol. The van der Waals surface area contributed by atoms with Crippen LogP contribution in [0.2, 0.25) is 0 Å². The minimum atomic E-state index is -0.603. The molecule has 0 spiro atoms. The lowest BCUT2D eigenvalue weighted by Crippen LogP contribution is -2.42. The number of methoxy groups -OCH3 is 1. The van der Waals surface area contributed by atoms with Gasteiger partial charge in [-0.3, -0.25) is 0 Å². The zero-order chi connectivity index (χ0) is 24.7. The monoisotopic (exact) mass is 487 g/mol. The van der Waals surface area contributed by atoms with Crippen molar-refractivity contribution in [2.45, 2.75) is 25.4 Å². The molecule has 5 heterocycles. The Balaban J connectivity index is 1.31. The van der Waals surface area contributed by atoms with Gasteiger partial charge in [-0.2, -0.15) is 0 Å². The fraction of sp³-hybridized carbons (Fsp3) is 0.346. The number of anilines is 4. The Kier molecular flexibility index (Phi) is 5.52. The summed E-state index contributed by atoms with van der Waals surface area (Å²) in [7, 11) is 1.68. The Morgan fingerprint density at radius 1 is 1.19 bits per heavy atom. The van der Waals surface area contributed by atoms with Gasteiger partial charge in [-0.05, 0) is 38.0 Å². The molecule has 0 amide bonds. The van der Waals surface area contributed by atoms with Gasteiger partial charge in [0.15, 0.2) is 11.5 Å². The van der Waals surface area contributed by atoms with Crippen molar-refractivity contribution in [3.8, 4) is 22.9 Å². The third-order valence-electron chi connectivity index (χ3n) is 6.80. The van der Waals surface area contributed by atoms with Gasteiger partial charge in [0.1, 0.15) is 12.4 Å². The molecule has 0 unspecified atom stereocenters. The molecule has 186 valence electrons.